The molecule has 118 valence electrons. The van der Waals surface area contributed by atoms with Crippen LogP contribution in [-0.4, -0.2) is 16.1 Å². The normalized spacial score (nSPS) is 20.3. The highest BCUT2D eigenvalue weighted by molar-refractivity contribution is 6.00. The number of Topliss-reactive ketones (excluding diaryl/α,β-unsaturated/α-hetero) is 1. The fourth-order valence-electron chi connectivity index (χ4n) is 3.02. The summed E-state index contributed by atoms with van der Waals surface area (Å²) in [7, 11) is 0. The van der Waals surface area contributed by atoms with Crippen molar-refractivity contribution >= 4 is 17.4 Å². The van der Waals surface area contributed by atoms with Crippen LogP contribution in [0.1, 0.15) is 30.9 Å². The maximum atomic E-state index is 14.3. The van der Waals surface area contributed by atoms with Gasteiger partial charge in [0.25, 0.3) is 0 Å². The van der Waals surface area contributed by atoms with Crippen LogP contribution in [0.2, 0.25) is 0 Å². The zero-order valence-electron chi connectivity index (χ0n) is 11.9. The summed E-state index contributed by atoms with van der Waals surface area (Å²) in [6, 6.07) is 3.04. The molecule has 23 heavy (non-hydrogen) atoms. The molecule has 2 aliphatic rings. The largest absolute Gasteiger partial charge is 0.353 e. The maximum Gasteiger partial charge on any atom is 0.219 e. The zero-order chi connectivity index (χ0) is 16.0. The Morgan fingerprint density at radius 2 is 2.00 bits per heavy atom. The number of halogens is 2. The Morgan fingerprint density at radius 1 is 1.17 bits per heavy atom. The van der Waals surface area contributed by atoms with Crippen molar-refractivity contribution in [3.05, 3.63) is 46.7 Å². The summed E-state index contributed by atoms with van der Waals surface area (Å²) in [5.41, 5.74) is 1.07. The predicted molar refractivity (Wildman–Crippen MR) is 76.5 cm³/mol. The van der Waals surface area contributed by atoms with E-state index in [0.29, 0.717) is 36.4 Å². The van der Waals surface area contributed by atoms with Crippen LogP contribution >= 0.6 is 0 Å². The van der Waals surface area contributed by atoms with E-state index in [1.54, 1.807) is 0 Å². The summed E-state index contributed by atoms with van der Waals surface area (Å²) >= 11 is 0. The molecule has 0 saturated carbocycles. The van der Waals surface area contributed by atoms with E-state index in [-0.39, 0.29) is 17.2 Å². The molecule has 2 heterocycles. The van der Waals surface area contributed by atoms with Crippen molar-refractivity contribution in [1.82, 2.24) is 10.3 Å². The summed E-state index contributed by atoms with van der Waals surface area (Å²) in [5, 5.41) is 13.4. The van der Waals surface area contributed by atoms with Gasteiger partial charge in [-0.3, -0.25) is 4.79 Å². The lowest BCUT2D eigenvalue weighted by Crippen LogP contribution is -2.24. The minimum Gasteiger partial charge on any atom is -0.353 e. The van der Waals surface area contributed by atoms with E-state index in [1.165, 1.54) is 12.1 Å². The number of allylic oxidation sites excluding steroid dienone is 1. The first-order chi connectivity index (χ1) is 11.1. The first-order valence-electron chi connectivity index (χ1n) is 7.21. The quantitative estimate of drug-likeness (QED) is 0.841. The molecule has 0 radical (unpaired) electrons. The fourth-order valence-corrected chi connectivity index (χ4v) is 3.02. The number of anilines is 2. The van der Waals surface area contributed by atoms with Crippen molar-refractivity contribution in [2.24, 2.45) is 0 Å². The third-order valence-electron chi connectivity index (χ3n) is 4.08. The number of ketones is 1. The van der Waals surface area contributed by atoms with Gasteiger partial charge in [0.1, 0.15) is 0 Å². The molecule has 8 heteroatoms. The summed E-state index contributed by atoms with van der Waals surface area (Å²) < 4.78 is 32.6. The highest BCUT2D eigenvalue weighted by atomic mass is 19.2. The molecule has 0 unspecified atom stereocenters. The van der Waals surface area contributed by atoms with Crippen LogP contribution in [0.3, 0.4) is 0 Å². The molecule has 1 aromatic carbocycles. The molecule has 1 aromatic heterocycles. The van der Waals surface area contributed by atoms with E-state index in [0.717, 1.165) is 6.07 Å². The second-order valence-electron chi connectivity index (χ2n) is 5.48. The second-order valence-corrected chi connectivity index (χ2v) is 5.48. The van der Waals surface area contributed by atoms with Crippen molar-refractivity contribution in [1.29, 1.82) is 0 Å². The average Bonchev–Trinajstić information content (AvgIpc) is 2.89. The molecule has 0 saturated heterocycles. The van der Waals surface area contributed by atoms with Crippen molar-refractivity contribution in [2.75, 3.05) is 10.6 Å². The number of aromatic nitrogens is 2. The monoisotopic (exact) mass is 318 g/mol. The highest BCUT2D eigenvalue weighted by Gasteiger charge is 2.35. The Bertz CT molecular complexity index is 831. The van der Waals surface area contributed by atoms with Gasteiger partial charge >= 0.3 is 0 Å². The van der Waals surface area contributed by atoms with Gasteiger partial charge in [0, 0.05) is 23.3 Å². The lowest BCUT2D eigenvalue weighted by Gasteiger charge is -2.25. The SMILES string of the molecule is O=C1CCCC2=C1[C@H](c1cccc(F)c1F)Nc1nonc1N2. The molecule has 0 spiro atoms. The van der Waals surface area contributed by atoms with E-state index in [4.69, 9.17) is 0 Å². The maximum absolute atomic E-state index is 14.3. The topological polar surface area (TPSA) is 80.1 Å². The van der Waals surface area contributed by atoms with Gasteiger partial charge in [0.15, 0.2) is 17.4 Å². The number of rotatable bonds is 1. The van der Waals surface area contributed by atoms with Crippen LogP contribution in [0.5, 0.6) is 0 Å². The highest BCUT2D eigenvalue weighted by Crippen LogP contribution is 2.40. The Labute approximate surface area is 129 Å². The minimum absolute atomic E-state index is 0.0467. The molecular weight excluding hydrogens is 306 g/mol. The summed E-state index contributed by atoms with van der Waals surface area (Å²) in [6.45, 7) is 0. The lowest BCUT2D eigenvalue weighted by atomic mass is 9.86. The van der Waals surface area contributed by atoms with Crippen LogP contribution in [0.25, 0.3) is 0 Å². The molecule has 1 atom stereocenters. The third kappa shape index (κ3) is 2.18. The van der Waals surface area contributed by atoms with Gasteiger partial charge in [-0.1, -0.05) is 12.1 Å². The Hall–Kier alpha value is -2.77. The number of carbonyl (C=O) groups is 1. The Kier molecular flexibility index (Phi) is 3.10. The molecule has 0 amide bonds. The zero-order valence-corrected chi connectivity index (χ0v) is 11.9. The van der Waals surface area contributed by atoms with E-state index in [9.17, 15) is 13.6 Å². The molecule has 0 fully saturated rings. The van der Waals surface area contributed by atoms with E-state index < -0.39 is 17.7 Å². The van der Waals surface area contributed by atoms with Gasteiger partial charge in [-0.05, 0) is 29.2 Å². The Balaban J connectivity index is 1.91. The van der Waals surface area contributed by atoms with Crippen LogP contribution in [0.4, 0.5) is 20.4 Å². The third-order valence-corrected chi connectivity index (χ3v) is 4.08. The van der Waals surface area contributed by atoms with E-state index >= 15 is 0 Å². The molecule has 0 bridgehead atoms. The van der Waals surface area contributed by atoms with Crippen molar-refractivity contribution in [2.45, 2.75) is 25.3 Å². The first-order valence-corrected chi connectivity index (χ1v) is 7.21. The van der Waals surface area contributed by atoms with Crippen molar-refractivity contribution < 1.29 is 18.2 Å². The smallest absolute Gasteiger partial charge is 0.219 e. The second kappa shape index (κ2) is 5.15. The molecule has 6 nitrogen and oxygen atoms in total. The van der Waals surface area contributed by atoms with E-state index in [1.807, 2.05) is 0 Å². The fraction of sp³-hybridized carbons (Fsp3) is 0.267. The standard InChI is InChI=1S/C15H12F2N4O2/c16-8-4-1-3-7(12(8)17)13-11-9(5-2-6-10(11)22)18-14-15(19-13)21-23-20-14/h1,3-4,13H,2,5-6H2,(H,18,20)(H,19,21)/t13-/m0/s1. The van der Waals surface area contributed by atoms with Gasteiger partial charge in [0.2, 0.25) is 11.6 Å². The molecule has 4 rings (SSSR count). The predicted octanol–water partition coefficient (Wildman–Crippen LogP) is 2.93. The molecule has 1 aliphatic heterocycles. The molecule has 2 N–H and O–H groups in total. The number of carbonyl (C=O) groups excluding carboxylic acids is 1. The van der Waals surface area contributed by atoms with Crippen LogP contribution in [0.15, 0.2) is 34.1 Å². The molecular formula is C15H12F2N4O2. The first kappa shape index (κ1) is 13.9. The van der Waals surface area contributed by atoms with Crippen molar-refractivity contribution in [3.63, 3.8) is 0 Å². The number of nitrogens with zero attached hydrogens (tertiary/aromatic N) is 2. The van der Waals surface area contributed by atoms with Gasteiger partial charge < -0.3 is 10.6 Å². The Morgan fingerprint density at radius 3 is 2.87 bits per heavy atom. The van der Waals surface area contributed by atoms with Crippen LogP contribution in [-0.2, 0) is 4.79 Å². The van der Waals surface area contributed by atoms with Gasteiger partial charge in [0.05, 0.1) is 6.04 Å². The summed E-state index contributed by atoms with van der Waals surface area (Å²) in [4.78, 5) is 12.4. The molecule has 2 aromatic rings. The number of benzene rings is 1. The number of hydrogen-bond donors (Lipinski definition) is 2. The minimum atomic E-state index is -0.991. The number of hydrogen-bond acceptors (Lipinski definition) is 6. The van der Waals surface area contributed by atoms with Gasteiger partial charge in [-0.15, -0.1) is 0 Å². The van der Waals surface area contributed by atoms with E-state index in [2.05, 4.69) is 25.6 Å². The van der Waals surface area contributed by atoms with Crippen LogP contribution < -0.4 is 10.6 Å². The number of nitrogens with one attached hydrogen (secondary N) is 2. The van der Waals surface area contributed by atoms with Crippen molar-refractivity contribution in [3.8, 4) is 0 Å². The summed E-state index contributed by atoms with van der Waals surface area (Å²) in [6.07, 6.45) is 1.66. The summed E-state index contributed by atoms with van der Waals surface area (Å²) in [5.74, 6) is -1.49. The molecule has 1 aliphatic carbocycles. The average molecular weight is 318 g/mol. The van der Waals surface area contributed by atoms with Gasteiger partial charge in [-0.25, -0.2) is 13.4 Å². The van der Waals surface area contributed by atoms with Gasteiger partial charge in [-0.2, -0.15) is 0 Å². The number of fused-ring (bicyclic) bond motifs is 1. The van der Waals surface area contributed by atoms with Crippen LogP contribution in [0, 0.1) is 11.6 Å². The lowest BCUT2D eigenvalue weighted by molar-refractivity contribution is -0.116.